The number of carbonyl (C=O) groups is 1. The van der Waals surface area contributed by atoms with Crippen molar-refractivity contribution in [1.82, 2.24) is 19.9 Å². The number of aromatic nitrogens is 4. The number of carbonyl (C=O) groups excluding carboxylic acids is 1. The van der Waals surface area contributed by atoms with E-state index in [1.54, 1.807) is 38.6 Å². The van der Waals surface area contributed by atoms with Gasteiger partial charge in [-0.3, -0.25) is 4.79 Å². The molecule has 1 aliphatic carbocycles. The van der Waals surface area contributed by atoms with E-state index >= 15 is 0 Å². The Morgan fingerprint density at radius 3 is 1.55 bits per heavy atom. The van der Waals surface area contributed by atoms with Crippen molar-refractivity contribution in [3.05, 3.63) is 84.2 Å². The molecular weight excluding hydrogens is 802 g/mol. The Morgan fingerprint density at radius 1 is 0.717 bits per heavy atom. The Kier molecular flexibility index (Phi) is 16.5. The van der Waals surface area contributed by atoms with Gasteiger partial charge in [0.2, 0.25) is 11.9 Å². The highest BCUT2D eigenvalue weighted by Gasteiger charge is 2.31. The van der Waals surface area contributed by atoms with Crippen molar-refractivity contribution >= 4 is 41.7 Å². The van der Waals surface area contributed by atoms with E-state index in [1.165, 1.54) is 9.80 Å². The minimum absolute atomic E-state index is 0. The van der Waals surface area contributed by atoms with Crippen molar-refractivity contribution in [1.29, 1.82) is 0 Å². The Labute approximate surface area is 355 Å². The summed E-state index contributed by atoms with van der Waals surface area (Å²) in [5, 5.41) is 0. The molecule has 1 saturated carbocycles. The minimum atomic E-state index is -2.44. The number of hydrogen-bond donors (Lipinski definition) is 1. The number of rotatable bonds is 17. The molecule has 2 unspecified atom stereocenters. The van der Waals surface area contributed by atoms with Crippen LogP contribution in [0.4, 0.5) is 41.1 Å². The van der Waals surface area contributed by atoms with Crippen LogP contribution in [0.2, 0.25) is 0 Å². The summed E-state index contributed by atoms with van der Waals surface area (Å²) in [5.74, 6) is 4.55. The van der Waals surface area contributed by atoms with Crippen LogP contribution < -0.4 is 34.8 Å². The maximum absolute atomic E-state index is 12.7. The molecule has 4 atom stereocenters. The molecule has 0 spiro atoms. The number of benzene rings is 2. The molecule has 12 nitrogen and oxygen atoms in total. The third-order valence-corrected chi connectivity index (χ3v) is 10.7. The summed E-state index contributed by atoms with van der Waals surface area (Å²) in [6, 6.07) is 19.4. The largest absolute Gasteiger partial charge is 0.489 e. The summed E-state index contributed by atoms with van der Waals surface area (Å²) in [6.07, 6.45) is 2.82. The summed E-state index contributed by atoms with van der Waals surface area (Å²) in [5.41, 5.74) is 8.09. The predicted molar refractivity (Wildman–Crippen MR) is 229 cm³/mol. The quantitative estimate of drug-likeness (QED) is 0.105. The summed E-state index contributed by atoms with van der Waals surface area (Å²) in [4.78, 5) is 36.0. The topological polar surface area (TPSA) is 126 Å². The van der Waals surface area contributed by atoms with E-state index in [4.69, 9.17) is 15.2 Å². The molecule has 2 N–H and O–H groups in total. The molecule has 60 heavy (non-hydrogen) atoms. The Balaban J connectivity index is 0.000000227. The predicted octanol–water partition coefficient (Wildman–Crippen LogP) is 7.59. The van der Waals surface area contributed by atoms with Crippen LogP contribution in [0.1, 0.15) is 69.0 Å². The molecule has 2 saturated heterocycles. The molecule has 0 radical (unpaired) electrons. The molecule has 0 bridgehead atoms. The summed E-state index contributed by atoms with van der Waals surface area (Å²) >= 11 is 0. The van der Waals surface area contributed by atoms with Crippen LogP contribution in [0.3, 0.4) is 0 Å². The first-order valence-electron chi connectivity index (χ1n) is 20.3. The average Bonchev–Trinajstić information content (AvgIpc) is 3.80. The second-order valence-electron chi connectivity index (χ2n) is 15.7. The van der Waals surface area contributed by atoms with Gasteiger partial charge in [0.1, 0.15) is 41.1 Å². The number of nitrogens with two attached hydrogens (primary N) is 1. The van der Waals surface area contributed by atoms with Crippen LogP contribution in [0, 0.1) is 5.92 Å². The SMILES string of the molecule is C[C@H](CC(=O)C1CC1)c1ccc(OC2CCN(c3ccnc(N(C)CC(F)F)n3)C2)cc1.C[C@H](N)c1ccc(OC2CCN(c3ccnc(N(C)CC(F)F)n3)C2)cc1.Cl. The van der Waals surface area contributed by atoms with Gasteiger partial charge in [0, 0.05) is 70.8 Å². The number of ether oxygens (including phenoxy) is 2. The lowest BCUT2D eigenvalue weighted by molar-refractivity contribution is -0.120. The molecule has 4 heterocycles. The fourth-order valence-corrected chi connectivity index (χ4v) is 7.14. The first kappa shape index (κ1) is 46.1. The normalized spacial score (nSPS) is 18.4. The van der Waals surface area contributed by atoms with Gasteiger partial charge >= 0.3 is 0 Å². The molecule has 2 aliphatic heterocycles. The van der Waals surface area contributed by atoms with Crippen molar-refractivity contribution in [2.75, 3.05) is 73.0 Å². The van der Waals surface area contributed by atoms with Crippen molar-refractivity contribution in [2.45, 2.75) is 83.0 Å². The number of nitrogens with zero attached hydrogens (tertiary/aromatic N) is 8. The zero-order valence-corrected chi connectivity index (χ0v) is 35.4. The summed E-state index contributed by atoms with van der Waals surface area (Å²) < 4.78 is 62.7. The standard InChI is InChI=1S/C24H30F2N4O2.C19H25F2N5O.ClH/c1-16(13-21(31)18-3-4-18)17-5-7-19(8-6-17)32-20-10-12-30(14-20)23-9-11-27-24(28-23)29(2)15-22(25)26;1-13(22)14-3-5-15(6-4-14)27-16-8-10-26(11-16)18-7-9-23-19(24-18)25(2)12-17(20)21;/h5-9,11,16,18,20,22H,3-4,10,12-15H2,1-2H3;3-7,9,13,16-17H,8,10-12,22H2,1-2H3;1H/t16-,20?;13-,16?;/m10./s1. The zero-order chi connectivity index (χ0) is 42.1. The van der Waals surface area contributed by atoms with Gasteiger partial charge in [-0.2, -0.15) is 9.97 Å². The summed E-state index contributed by atoms with van der Waals surface area (Å²) in [7, 11) is 3.13. The summed E-state index contributed by atoms with van der Waals surface area (Å²) in [6.45, 7) is 6.16. The lowest BCUT2D eigenvalue weighted by Gasteiger charge is -2.21. The number of hydrogen-bond acceptors (Lipinski definition) is 12. The highest BCUT2D eigenvalue weighted by molar-refractivity contribution is 5.85. The number of halogens is 5. The Hall–Kier alpha value is -4.96. The van der Waals surface area contributed by atoms with Crippen LogP contribution in [0.25, 0.3) is 0 Å². The molecule has 2 aromatic heterocycles. The van der Waals surface area contributed by atoms with E-state index in [0.29, 0.717) is 43.0 Å². The molecule has 326 valence electrons. The Bertz CT molecular complexity index is 1950. The lowest BCUT2D eigenvalue weighted by Crippen LogP contribution is -2.28. The van der Waals surface area contributed by atoms with Gasteiger partial charge in [-0.15, -0.1) is 12.4 Å². The van der Waals surface area contributed by atoms with Crippen LogP contribution in [-0.4, -0.2) is 104 Å². The van der Waals surface area contributed by atoms with E-state index in [-0.39, 0.29) is 42.5 Å². The number of alkyl halides is 4. The maximum atomic E-state index is 12.7. The van der Waals surface area contributed by atoms with Gasteiger partial charge in [-0.25, -0.2) is 27.5 Å². The molecular formula is C43H56ClF4N9O3. The van der Waals surface area contributed by atoms with Gasteiger partial charge in [-0.1, -0.05) is 31.2 Å². The zero-order valence-electron chi connectivity index (χ0n) is 34.5. The van der Waals surface area contributed by atoms with E-state index in [2.05, 4.69) is 36.7 Å². The Morgan fingerprint density at radius 2 is 1.15 bits per heavy atom. The lowest BCUT2D eigenvalue weighted by atomic mass is 9.94. The first-order chi connectivity index (χ1) is 28.3. The van der Waals surface area contributed by atoms with Gasteiger partial charge in [0.05, 0.1) is 26.2 Å². The smallest absolute Gasteiger partial charge is 0.255 e. The van der Waals surface area contributed by atoms with E-state index in [1.807, 2.05) is 55.5 Å². The van der Waals surface area contributed by atoms with Crippen LogP contribution in [0.5, 0.6) is 11.5 Å². The van der Waals surface area contributed by atoms with E-state index in [9.17, 15) is 22.4 Å². The highest BCUT2D eigenvalue weighted by Crippen LogP contribution is 2.34. The van der Waals surface area contributed by atoms with Crippen LogP contribution in [-0.2, 0) is 4.79 Å². The maximum Gasteiger partial charge on any atom is 0.255 e. The van der Waals surface area contributed by atoms with Crippen molar-refractivity contribution in [3.8, 4) is 11.5 Å². The van der Waals surface area contributed by atoms with Gasteiger partial charge < -0.3 is 34.8 Å². The second kappa shape index (κ2) is 21.5. The third kappa shape index (κ3) is 13.3. The highest BCUT2D eigenvalue weighted by atomic mass is 35.5. The van der Waals surface area contributed by atoms with Crippen molar-refractivity contribution in [3.63, 3.8) is 0 Å². The fourth-order valence-electron chi connectivity index (χ4n) is 7.14. The van der Waals surface area contributed by atoms with Crippen LogP contribution >= 0.6 is 12.4 Å². The fraction of sp³-hybridized carbons (Fsp3) is 0.512. The third-order valence-electron chi connectivity index (χ3n) is 10.7. The average molecular weight is 858 g/mol. The van der Waals surface area contributed by atoms with Gasteiger partial charge in [0.25, 0.3) is 12.9 Å². The monoisotopic (exact) mass is 857 g/mol. The van der Waals surface area contributed by atoms with Crippen molar-refractivity contribution in [2.24, 2.45) is 11.7 Å². The van der Waals surface area contributed by atoms with Crippen LogP contribution in [0.15, 0.2) is 73.1 Å². The molecule has 2 aromatic carbocycles. The van der Waals surface area contributed by atoms with Gasteiger partial charge in [0.15, 0.2) is 0 Å². The van der Waals surface area contributed by atoms with E-state index in [0.717, 1.165) is 67.2 Å². The minimum Gasteiger partial charge on any atom is -0.489 e. The molecule has 3 aliphatic rings. The molecule has 7 rings (SSSR count). The van der Waals surface area contributed by atoms with Crippen molar-refractivity contribution < 1.29 is 31.8 Å². The number of Topliss-reactive ketones (excluding diaryl/α,β-unsaturated/α-hetero) is 1. The number of ketones is 1. The molecule has 0 amide bonds. The molecule has 3 fully saturated rings. The molecule has 4 aromatic rings. The number of anilines is 4. The second-order valence-corrected chi connectivity index (χ2v) is 15.7. The van der Waals surface area contributed by atoms with Gasteiger partial charge in [-0.05, 0) is 73.2 Å². The van der Waals surface area contributed by atoms with E-state index < -0.39 is 25.9 Å². The molecule has 17 heteroatoms. The first-order valence-corrected chi connectivity index (χ1v) is 20.3.